The molecule has 0 aromatic heterocycles. The predicted molar refractivity (Wildman–Crippen MR) is 132 cm³/mol. The predicted octanol–water partition coefficient (Wildman–Crippen LogP) is 7.28. The number of alkyl halides is 3. The zero-order valence-electron chi connectivity index (χ0n) is 20.4. The van der Waals surface area contributed by atoms with Crippen molar-refractivity contribution in [2.45, 2.75) is 65.0 Å². The Balaban J connectivity index is 2.63. The largest absolute Gasteiger partial charge is 0.406 e. The first-order valence-electron chi connectivity index (χ1n) is 11.8. The molecule has 7 heteroatoms. The van der Waals surface area contributed by atoms with Gasteiger partial charge in [-0.15, -0.1) is 0 Å². The zero-order valence-corrected chi connectivity index (χ0v) is 20.4. The average molecular weight is 491 g/mol. The molecular formula is C28H31F5N2. The number of nitrogen functional groups attached to an aromatic ring is 2. The van der Waals surface area contributed by atoms with Crippen molar-refractivity contribution in [2.24, 2.45) is 0 Å². The molecule has 0 radical (unpaired) electrons. The Morgan fingerprint density at radius 3 is 1.29 bits per heavy atom. The summed E-state index contributed by atoms with van der Waals surface area (Å²) in [5.41, 5.74) is 11.6. The van der Waals surface area contributed by atoms with Gasteiger partial charge in [-0.1, -0.05) is 58.0 Å². The second-order valence-electron chi connectivity index (χ2n) is 8.70. The van der Waals surface area contributed by atoms with Crippen LogP contribution in [0.1, 0.15) is 66.6 Å². The van der Waals surface area contributed by atoms with E-state index in [2.05, 4.69) is 0 Å². The summed E-state index contributed by atoms with van der Waals surface area (Å²) in [7, 11) is 0. The molecule has 0 aliphatic carbocycles. The maximum Gasteiger partial charge on any atom is 0.406 e. The van der Waals surface area contributed by atoms with Crippen molar-refractivity contribution in [3.8, 4) is 0 Å². The molecule has 0 bridgehead atoms. The molecule has 0 spiro atoms. The van der Waals surface area contributed by atoms with Crippen LogP contribution >= 0.6 is 0 Å². The third kappa shape index (κ3) is 4.37. The highest BCUT2D eigenvalue weighted by Gasteiger charge is 2.60. The summed E-state index contributed by atoms with van der Waals surface area (Å²) in [5, 5.41) is 0. The highest BCUT2D eigenvalue weighted by Crippen LogP contribution is 2.53. The topological polar surface area (TPSA) is 52.0 Å². The molecule has 2 nitrogen and oxygen atoms in total. The maximum absolute atomic E-state index is 15.5. The number of aryl methyl sites for hydroxylation is 4. The number of hydrogen-bond acceptors (Lipinski definition) is 2. The molecule has 0 saturated carbocycles. The van der Waals surface area contributed by atoms with Crippen LogP contribution in [-0.4, -0.2) is 6.18 Å². The summed E-state index contributed by atoms with van der Waals surface area (Å²) in [6, 6.07) is 7.84. The number of halogens is 5. The van der Waals surface area contributed by atoms with Crippen LogP contribution in [0.15, 0.2) is 42.5 Å². The van der Waals surface area contributed by atoms with Gasteiger partial charge in [-0.25, -0.2) is 8.78 Å². The van der Waals surface area contributed by atoms with Crippen LogP contribution < -0.4 is 11.5 Å². The minimum absolute atomic E-state index is 0.160. The fraction of sp³-hybridized carbons (Fsp3) is 0.357. The van der Waals surface area contributed by atoms with E-state index in [-0.39, 0.29) is 11.1 Å². The van der Waals surface area contributed by atoms with Crippen molar-refractivity contribution in [1.82, 2.24) is 0 Å². The normalized spacial score (nSPS) is 12.3. The Labute approximate surface area is 203 Å². The summed E-state index contributed by atoms with van der Waals surface area (Å²) in [5.74, 6) is -2.23. The van der Waals surface area contributed by atoms with Gasteiger partial charge >= 0.3 is 6.18 Å². The molecule has 0 aliphatic rings. The molecule has 0 fully saturated rings. The lowest BCUT2D eigenvalue weighted by atomic mass is 9.67. The fourth-order valence-electron chi connectivity index (χ4n) is 4.91. The van der Waals surface area contributed by atoms with Crippen molar-refractivity contribution >= 4 is 11.4 Å². The Kier molecular flexibility index (Phi) is 7.48. The first-order chi connectivity index (χ1) is 16.5. The van der Waals surface area contributed by atoms with Crippen LogP contribution in [-0.2, 0) is 31.1 Å². The molecule has 3 rings (SSSR count). The molecule has 0 aliphatic heterocycles. The molecule has 0 heterocycles. The molecule has 0 atom stereocenters. The molecule has 0 unspecified atom stereocenters. The minimum Gasteiger partial charge on any atom is -0.398 e. The molecule has 188 valence electrons. The second-order valence-corrected chi connectivity index (χ2v) is 8.70. The van der Waals surface area contributed by atoms with Gasteiger partial charge in [0.25, 0.3) is 0 Å². The Morgan fingerprint density at radius 2 is 1.00 bits per heavy atom. The number of rotatable bonds is 7. The van der Waals surface area contributed by atoms with Crippen molar-refractivity contribution in [3.63, 3.8) is 0 Å². The van der Waals surface area contributed by atoms with Gasteiger partial charge in [-0.2, -0.15) is 13.2 Å². The molecular weight excluding hydrogens is 459 g/mol. The Hall–Kier alpha value is -3.09. The zero-order chi connectivity index (χ0) is 26.1. The van der Waals surface area contributed by atoms with Crippen molar-refractivity contribution in [2.75, 3.05) is 11.5 Å². The fourth-order valence-corrected chi connectivity index (χ4v) is 4.91. The van der Waals surface area contributed by atoms with Crippen LogP contribution in [0.5, 0.6) is 0 Å². The highest BCUT2D eigenvalue weighted by atomic mass is 19.4. The van der Waals surface area contributed by atoms with E-state index in [0.29, 0.717) is 65.4 Å². The molecule has 4 N–H and O–H groups in total. The van der Waals surface area contributed by atoms with Crippen molar-refractivity contribution < 1.29 is 22.0 Å². The standard InChI is InChI=1S/C28H31F5N2/c1-5-16-11-20(12-17(6-2)25(16)34)27(28(31,32)33,23-10-9-22(29)15-24(23)30)21-13-18(7-3)26(35)19(8-4)14-21/h9-15H,5-8,34-35H2,1-4H3. The van der Waals surface area contributed by atoms with Crippen molar-refractivity contribution in [3.05, 3.63) is 93.0 Å². The van der Waals surface area contributed by atoms with E-state index in [1.54, 1.807) is 27.7 Å². The van der Waals surface area contributed by atoms with Gasteiger partial charge in [0.05, 0.1) is 0 Å². The third-order valence-electron chi connectivity index (χ3n) is 6.85. The first-order valence-corrected chi connectivity index (χ1v) is 11.8. The number of anilines is 2. The monoisotopic (exact) mass is 490 g/mol. The number of benzene rings is 3. The van der Waals surface area contributed by atoms with E-state index >= 15 is 17.6 Å². The smallest absolute Gasteiger partial charge is 0.398 e. The third-order valence-corrected chi connectivity index (χ3v) is 6.85. The van der Waals surface area contributed by atoms with E-state index in [4.69, 9.17) is 11.5 Å². The van der Waals surface area contributed by atoms with Gasteiger partial charge in [-0.3, -0.25) is 0 Å². The van der Waals surface area contributed by atoms with Crippen molar-refractivity contribution in [1.29, 1.82) is 0 Å². The summed E-state index contributed by atoms with van der Waals surface area (Å²) < 4.78 is 75.8. The maximum atomic E-state index is 15.5. The molecule has 35 heavy (non-hydrogen) atoms. The second kappa shape index (κ2) is 9.88. The Morgan fingerprint density at radius 1 is 0.629 bits per heavy atom. The van der Waals surface area contributed by atoms with Gasteiger partial charge in [0.1, 0.15) is 17.0 Å². The van der Waals surface area contributed by atoms with Crippen LogP contribution in [0, 0.1) is 11.6 Å². The number of hydrogen-bond donors (Lipinski definition) is 2. The van der Waals surface area contributed by atoms with Crippen LogP contribution in [0.2, 0.25) is 0 Å². The SMILES string of the molecule is CCc1cc(C(c2cc(CC)c(N)c(CC)c2)(c2ccc(F)cc2F)C(F)(F)F)cc(CC)c1N. The number of nitrogens with two attached hydrogens (primary N) is 2. The van der Waals surface area contributed by atoms with E-state index in [1.165, 1.54) is 24.3 Å². The van der Waals surface area contributed by atoms with E-state index in [0.717, 1.165) is 12.1 Å². The highest BCUT2D eigenvalue weighted by molar-refractivity contribution is 5.65. The lowest BCUT2D eigenvalue weighted by Gasteiger charge is -2.39. The van der Waals surface area contributed by atoms with Gasteiger partial charge in [0.2, 0.25) is 0 Å². The van der Waals surface area contributed by atoms with E-state index in [9.17, 15) is 4.39 Å². The molecule has 0 saturated heterocycles. The summed E-state index contributed by atoms with van der Waals surface area (Å²) in [4.78, 5) is 0. The summed E-state index contributed by atoms with van der Waals surface area (Å²) >= 11 is 0. The lowest BCUT2D eigenvalue weighted by Crippen LogP contribution is -2.45. The summed E-state index contributed by atoms with van der Waals surface area (Å²) in [6.07, 6.45) is -3.39. The minimum atomic E-state index is -4.98. The van der Waals surface area contributed by atoms with E-state index in [1.807, 2.05) is 0 Å². The lowest BCUT2D eigenvalue weighted by molar-refractivity contribution is -0.167. The van der Waals surface area contributed by atoms with Crippen LogP contribution in [0.3, 0.4) is 0 Å². The van der Waals surface area contributed by atoms with Crippen LogP contribution in [0.4, 0.5) is 33.3 Å². The Bertz CT molecular complexity index is 1120. The van der Waals surface area contributed by atoms with Crippen LogP contribution in [0.25, 0.3) is 0 Å². The van der Waals surface area contributed by atoms with Gasteiger partial charge < -0.3 is 11.5 Å². The molecule has 3 aromatic rings. The quantitative estimate of drug-likeness (QED) is 0.208. The molecule has 3 aromatic carbocycles. The summed E-state index contributed by atoms with van der Waals surface area (Å²) in [6.45, 7) is 7.21. The first kappa shape index (κ1) is 26.5. The van der Waals surface area contributed by atoms with Gasteiger partial charge in [-0.05, 0) is 65.1 Å². The van der Waals surface area contributed by atoms with Gasteiger partial charge in [0.15, 0.2) is 0 Å². The van der Waals surface area contributed by atoms with Gasteiger partial charge in [0, 0.05) is 23.0 Å². The molecule has 0 amide bonds. The average Bonchev–Trinajstić information content (AvgIpc) is 2.81. The van der Waals surface area contributed by atoms with E-state index < -0.39 is 28.8 Å².